The highest BCUT2D eigenvalue weighted by Gasteiger charge is 2.56. The predicted octanol–water partition coefficient (Wildman–Crippen LogP) is 7.20. The second-order valence-corrected chi connectivity index (χ2v) is 11.2. The Morgan fingerprint density at radius 1 is 0.900 bits per heavy atom. The van der Waals surface area contributed by atoms with E-state index in [0.717, 1.165) is 74.2 Å². The number of nitrogens with one attached hydrogen (secondary N) is 2. The van der Waals surface area contributed by atoms with Gasteiger partial charge in [0.1, 0.15) is 17.0 Å². The highest BCUT2D eigenvalue weighted by molar-refractivity contribution is 7.11. The summed E-state index contributed by atoms with van der Waals surface area (Å²) in [7, 11) is 0. The molecule has 0 unspecified atom stereocenters. The Bertz CT molecular complexity index is 1550. The molecule has 0 radical (unpaired) electrons. The van der Waals surface area contributed by atoms with Crippen LogP contribution in [0.1, 0.15) is 56.9 Å². The molecule has 0 bridgehead atoms. The monoisotopic (exact) mass is 550 g/mol. The van der Waals surface area contributed by atoms with Crippen LogP contribution in [0.4, 0.5) is 11.4 Å². The molecule has 0 atom stereocenters. The molecule has 2 aliphatic rings. The normalized spacial score (nSPS) is 14.7. The van der Waals surface area contributed by atoms with Gasteiger partial charge in [-0.1, -0.05) is 24.3 Å². The first-order valence-electron chi connectivity index (χ1n) is 13.9. The molecule has 7 heteroatoms. The van der Waals surface area contributed by atoms with Crippen LogP contribution in [0, 0.1) is 13.8 Å². The van der Waals surface area contributed by atoms with Crippen molar-refractivity contribution >= 4 is 34.8 Å². The van der Waals surface area contributed by atoms with Crippen LogP contribution in [-0.2, 0) is 5.54 Å². The first-order valence-corrected chi connectivity index (χ1v) is 14.8. The number of aryl methyl sites for hydroxylation is 2. The van der Waals surface area contributed by atoms with Gasteiger partial charge < -0.3 is 20.3 Å². The fourth-order valence-electron chi connectivity index (χ4n) is 6.09. The highest BCUT2D eigenvalue weighted by Crippen LogP contribution is 2.58. The van der Waals surface area contributed by atoms with E-state index in [9.17, 15) is 4.79 Å². The molecule has 4 aromatic rings. The van der Waals surface area contributed by atoms with Crippen molar-refractivity contribution in [3.05, 3.63) is 104 Å². The summed E-state index contributed by atoms with van der Waals surface area (Å²) in [6, 6.07) is 20.7. The topological polar surface area (TPSA) is 66.0 Å². The number of nitrogens with zero attached hydrogens (tertiary/aromatic N) is 2. The Hall–Kier alpha value is -4.10. The number of anilines is 2. The third-order valence-electron chi connectivity index (χ3n) is 7.80. The van der Waals surface area contributed by atoms with Gasteiger partial charge in [-0.05, 0) is 74.0 Å². The van der Waals surface area contributed by atoms with E-state index < -0.39 is 5.54 Å². The maximum absolute atomic E-state index is 14.2. The van der Waals surface area contributed by atoms with E-state index in [1.54, 1.807) is 11.3 Å². The van der Waals surface area contributed by atoms with Crippen molar-refractivity contribution in [2.45, 2.75) is 33.2 Å². The van der Waals surface area contributed by atoms with Crippen molar-refractivity contribution in [3.63, 3.8) is 0 Å². The summed E-state index contributed by atoms with van der Waals surface area (Å²) in [5, 5.41) is 8.99. The average Bonchev–Trinajstić information content (AvgIpc) is 3.55. The van der Waals surface area contributed by atoms with E-state index in [2.05, 4.69) is 68.7 Å². The molecule has 1 spiro atoms. The molecular formula is C33H34N4O2S. The molecule has 2 aliphatic heterocycles. The van der Waals surface area contributed by atoms with Crippen LogP contribution in [0.2, 0.25) is 0 Å². The van der Waals surface area contributed by atoms with Crippen LogP contribution in [-0.4, -0.2) is 43.2 Å². The van der Waals surface area contributed by atoms with Crippen molar-refractivity contribution in [3.8, 4) is 11.5 Å². The van der Waals surface area contributed by atoms with Crippen molar-refractivity contribution in [2.24, 2.45) is 4.99 Å². The molecule has 3 aromatic carbocycles. The van der Waals surface area contributed by atoms with Crippen LogP contribution in [0.15, 0.2) is 71.0 Å². The first kappa shape index (κ1) is 26.1. The minimum Gasteiger partial charge on any atom is -0.456 e. The fraction of sp³-hybridized carbons (Fsp3) is 0.273. The lowest BCUT2D eigenvalue weighted by Crippen LogP contribution is -2.48. The molecular weight excluding hydrogens is 516 g/mol. The number of amides is 1. The van der Waals surface area contributed by atoms with Crippen molar-refractivity contribution in [1.82, 2.24) is 4.90 Å². The maximum Gasteiger partial charge on any atom is 0.255 e. The van der Waals surface area contributed by atoms with Crippen LogP contribution in [0.25, 0.3) is 0 Å². The standard InChI is InChI=1S/C33H34N4O2S/c1-5-35-28-18-30-26(16-21(28)3)33(27-17-22(4)29(36-6-2)19-31(27)39-30)25-12-8-7-11-24(25)32(38)37(33)14-13-34-20-23-10-9-15-40-23/h7-12,15-20,35-36H,5-6,13-14H2,1-4H3. The van der Waals surface area contributed by atoms with Crippen molar-refractivity contribution < 1.29 is 9.53 Å². The summed E-state index contributed by atoms with van der Waals surface area (Å²) in [4.78, 5) is 22.1. The van der Waals surface area contributed by atoms with E-state index in [1.165, 1.54) is 0 Å². The number of rotatable bonds is 8. The SMILES string of the molecule is CCNc1cc2c(cc1C)C1(c3cc(C)c(NCC)cc3O2)c2ccccc2C(=O)N1CCN=Cc1cccs1. The molecule has 1 aromatic heterocycles. The number of hydrogen-bond acceptors (Lipinski definition) is 6. The second kappa shape index (κ2) is 10.5. The summed E-state index contributed by atoms with van der Waals surface area (Å²) >= 11 is 1.65. The zero-order valence-electron chi connectivity index (χ0n) is 23.4. The molecule has 2 N–H and O–H groups in total. The number of carbonyl (C=O) groups is 1. The molecule has 6 nitrogen and oxygen atoms in total. The summed E-state index contributed by atoms with van der Waals surface area (Å²) in [5.74, 6) is 1.54. The number of ether oxygens (including phenoxy) is 1. The van der Waals surface area contributed by atoms with Gasteiger partial charge in [0.25, 0.3) is 5.91 Å². The first-order chi connectivity index (χ1) is 19.5. The van der Waals surface area contributed by atoms with Crippen LogP contribution in [0.5, 0.6) is 11.5 Å². The summed E-state index contributed by atoms with van der Waals surface area (Å²) < 4.78 is 6.68. The van der Waals surface area contributed by atoms with Crippen LogP contribution >= 0.6 is 11.3 Å². The Kier molecular flexibility index (Phi) is 6.84. The predicted molar refractivity (Wildman–Crippen MR) is 165 cm³/mol. The van der Waals surface area contributed by atoms with Gasteiger partial charge in [-0.15, -0.1) is 11.3 Å². The molecule has 1 amide bonds. The molecule has 40 heavy (non-hydrogen) atoms. The lowest BCUT2D eigenvalue weighted by Gasteiger charge is -2.44. The van der Waals surface area contributed by atoms with Crippen molar-refractivity contribution in [1.29, 1.82) is 0 Å². The maximum atomic E-state index is 14.2. The van der Waals surface area contributed by atoms with Gasteiger partial charge in [0.05, 0.1) is 6.54 Å². The quantitative estimate of drug-likeness (QED) is 0.228. The van der Waals surface area contributed by atoms with Gasteiger partial charge in [-0.3, -0.25) is 9.79 Å². The Morgan fingerprint density at radius 2 is 1.55 bits per heavy atom. The molecule has 0 aliphatic carbocycles. The van der Waals surface area contributed by atoms with Crippen LogP contribution < -0.4 is 15.4 Å². The van der Waals surface area contributed by atoms with E-state index in [0.29, 0.717) is 13.1 Å². The van der Waals surface area contributed by atoms with Gasteiger partial charge in [-0.25, -0.2) is 0 Å². The summed E-state index contributed by atoms with van der Waals surface area (Å²) in [6.07, 6.45) is 1.90. The molecule has 0 fully saturated rings. The number of benzene rings is 3. The molecule has 0 saturated carbocycles. The minimum atomic E-state index is -0.833. The highest BCUT2D eigenvalue weighted by atomic mass is 32.1. The van der Waals surface area contributed by atoms with Crippen molar-refractivity contribution in [2.75, 3.05) is 36.8 Å². The summed E-state index contributed by atoms with van der Waals surface area (Å²) in [5.41, 5.74) is 7.13. The third-order valence-corrected chi connectivity index (χ3v) is 8.61. The van der Waals surface area contributed by atoms with Crippen LogP contribution in [0.3, 0.4) is 0 Å². The van der Waals surface area contributed by atoms with E-state index in [1.807, 2.05) is 46.8 Å². The molecule has 204 valence electrons. The number of aliphatic imine (C=N–C) groups is 1. The van der Waals surface area contributed by atoms with Gasteiger partial charge in [0.2, 0.25) is 0 Å². The fourth-order valence-corrected chi connectivity index (χ4v) is 6.70. The zero-order chi connectivity index (χ0) is 27.9. The van der Waals surface area contributed by atoms with E-state index >= 15 is 0 Å². The second-order valence-electron chi connectivity index (χ2n) is 10.3. The molecule has 6 rings (SSSR count). The van der Waals surface area contributed by atoms with Gasteiger partial charge in [-0.2, -0.15) is 0 Å². The van der Waals surface area contributed by atoms with E-state index in [4.69, 9.17) is 9.73 Å². The molecule has 3 heterocycles. The Balaban J connectivity index is 1.58. The zero-order valence-corrected chi connectivity index (χ0v) is 24.2. The lowest BCUT2D eigenvalue weighted by atomic mass is 9.73. The third kappa shape index (κ3) is 4.07. The molecule has 0 saturated heterocycles. The number of fused-ring (bicyclic) bond motifs is 6. The average molecular weight is 551 g/mol. The number of hydrogen-bond donors (Lipinski definition) is 2. The van der Waals surface area contributed by atoms with Gasteiger partial charge >= 0.3 is 0 Å². The largest absolute Gasteiger partial charge is 0.456 e. The van der Waals surface area contributed by atoms with Gasteiger partial charge in [0, 0.05) is 70.9 Å². The lowest BCUT2D eigenvalue weighted by molar-refractivity contribution is 0.0673. The smallest absolute Gasteiger partial charge is 0.255 e. The van der Waals surface area contributed by atoms with E-state index in [-0.39, 0.29) is 5.91 Å². The number of thiophene rings is 1. The minimum absolute atomic E-state index is 0.0162. The summed E-state index contributed by atoms with van der Waals surface area (Å²) in [6.45, 7) is 11.0. The van der Waals surface area contributed by atoms with Gasteiger partial charge in [0.15, 0.2) is 0 Å². The Morgan fingerprint density at radius 3 is 2.15 bits per heavy atom. The number of carbonyl (C=O) groups excluding carboxylic acids is 1. The Labute approximate surface area is 239 Å².